The number of carbonyl (C=O) groups excluding carboxylic acids is 1. The standard InChI is InChI=1S/C12H16N2O4/c1-8-3-2-4-9(5-8)6-13-12(18)14-10(7-15)11(16)17/h2-5,10,15H,6-7H2,1H3,(H,16,17)(H2,13,14,18). The normalized spacial score (nSPS) is 11.7. The van der Waals surface area contributed by atoms with Gasteiger partial charge in [-0.15, -0.1) is 0 Å². The summed E-state index contributed by atoms with van der Waals surface area (Å²) < 4.78 is 0. The van der Waals surface area contributed by atoms with E-state index in [2.05, 4.69) is 10.6 Å². The van der Waals surface area contributed by atoms with Crippen molar-refractivity contribution in [2.24, 2.45) is 0 Å². The average Bonchev–Trinajstić information content (AvgIpc) is 2.33. The number of aliphatic hydroxyl groups is 1. The molecular formula is C12H16N2O4. The van der Waals surface area contributed by atoms with Crippen LogP contribution in [-0.4, -0.2) is 34.9 Å². The molecule has 1 unspecified atom stereocenters. The highest BCUT2D eigenvalue weighted by atomic mass is 16.4. The molecule has 0 bridgehead atoms. The van der Waals surface area contributed by atoms with Crippen LogP contribution in [0.1, 0.15) is 11.1 Å². The van der Waals surface area contributed by atoms with E-state index in [1.165, 1.54) is 0 Å². The Hall–Kier alpha value is -2.08. The van der Waals surface area contributed by atoms with Crippen molar-refractivity contribution in [3.05, 3.63) is 35.4 Å². The van der Waals surface area contributed by atoms with Crippen LogP contribution in [0.25, 0.3) is 0 Å². The zero-order valence-corrected chi connectivity index (χ0v) is 10.0. The van der Waals surface area contributed by atoms with Crippen molar-refractivity contribution in [3.8, 4) is 0 Å². The second-order valence-corrected chi connectivity index (χ2v) is 3.89. The van der Waals surface area contributed by atoms with Crippen LogP contribution in [-0.2, 0) is 11.3 Å². The van der Waals surface area contributed by atoms with Gasteiger partial charge in [-0.1, -0.05) is 29.8 Å². The summed E-state index contributed by atoms with van der Waals surface area (Å²) in [7, 11) is 0. The molecule has 0 radical (unpaired) electrons. The van der Waals surface area contributed by atoms with Gasteiger partial charge in [-0.25, -0.2) is 9.59 Å². The lowest BCUT2D eigenvalue weighted by Crippen LogP contribution is -2.47. The summed E-state index contributed by atoms with van der Waals surface area (Å²) >= 11 is 0. The molecule has 0 fully saturated rings. The van der Waals surface area contributed by atoms with Gasteiger partial charge >= 0.3 is 12.0 Å². The predicted molar refractivity (Wildman–Crippen MR) is 65.1 cm³/mol. The lowest BCUT2D eigenvalue weighted by Gasteiger charge is -2.12. The third kappa shape index (κ3) is 4.42. The molecular weight excluding hydrogens is 236 g/mol. The molecule has 4 N–H and O–H groups in total. The van der Waals surface area contributed by atoms with Crippen LogP contribution in [0.15, 0.2) is 24.3 Å². The average molecular weight is 252 g/mol. The first-order valence-corrected chi connectivity index (χ1v) is 5.46. The van der Waals surface area contributed by atoms with Crippen molar-refractivity contribution >= 4 is 12.0 Å². The molecule has 2 amide bonds. The minimum Gasteiger partial charge on any atom is -0.480 e. The summed E-state index contributed by atoms with van der Waals surface area (Å²) in [5.41, 5.74) is 1.99. The van der Waals surface area contributed by atoms with Gasteiger partial charge < -0.3 is 20.8 Å². The molecule has 1 aromatic carbocycles. The number of hydrogen-bond donors (Lipinski definition) is 4. The maximum Gasteiger partial charge on any atom is 0.328 e. The van der Waals surface area contributed by atoms with Crippen LogP contribution < -0.4 is 10.6 Å². The van der Waals surface area contributed by atoms with Crippen LogP contribution in [0, 0.1) is 6.92 Å². The van der Waals surface area contributed by atoms with Gasteiger partial charge in [0.1, 0.15) is 0 Å². The molecule has 1 aromatic rings. The molecule has 0 heterocycles. The first-order valence-electron chi connectivity index (χ1n) is 5.46. The number of hydrogen-bond acceptors (Lipinski definition) is 3. The lowest BCUT2D eigenvalue weighted by molar-refractivity contribution is -0.140. The number of carboxylic acid groups (broad SMARTS) is 1. The molecule has 1 atom stereocenters. The van der Waals surface area contributed by atoms with Gasteiger partial charge in [0, 0.05) is 6.54 Å². The van der Waals surface area contributed by atoms with E-state index in [4.69, 9.17) is 10.2 Å². The number of rotatable bonds is 5. The summed E-state index contributed by atoms with van der Waals surface area (Å²) in [6, 6.07) is 5.67. The number of aliphatic carboxylic acids is 1. The molecule has 6 nitrogen and oxygen atoms in total. The summed E-state index contributed by atoms with van der Waals surface area (Å²) in [4.78, 5) is 22.0. The van der Waals surface area contributed by atoms with Gasteiger partial charge in [0.25, 0.3) is 0 Å². The fraction of sp³-hybridized carbons (Fsp3) is 0.333. The van der Waals surface area contributed by atoms with E-state index in [-0.39, 0.29) is 0 Å². The van der Waals surface area contributed by atoms with Gasteiger partial charge in [-0.2, -0.15) is 0 Å². The molecule has 0 aliphatic rings. The molecule has 0 aliphatic carbocycles. The van der Waals surface area contributed by atoms with Gasteiger partial charge in [0.05, 0.1) is 6.61 Å². The van der Waals surface area contributed by atoms with Gasteiger partial charge in [0.15, 0.2) is 6.04 Å². The number of aliphatic hydroxyl groups excluding tert-OH is 1. The number of urea groups is 1. The van der Waals surface area contributed by atoms with Gasteiger partial charge in [0.2, 0.25) is 0 Å². The third-order valence-electron chi connectivity index (χ3n) is 2.32. The van der Waals surface area contributed by atoms with Crippen LogP contribution in [0.5, 0.6) is 0 Å². The van der Waals surface area contributed by atoms with E-state index in [1.807, 2.05) is 31.2 Å². The van der Waals surface area contributed by atoms with Gasteiger partial charge in [-0.3, -0.25) is 0 Å². The maximum absolute atomic E-state index is 11.4. The monoisotopic (exact) mass is 252 g/mol. The molecule has 6 heteroatoms. The first kappa shape index (κ1) is 14.0. The largest absolute Gasteiger partial charge is 0.480 e. The quantitative estimate of drug-likeness (QED) is 0.603. The lowest BCUT2D eigenvalue weighted by atomic mass is 10.1. The molecule has 0 spiro atoms. The first-order chi connectivity index (χ1) is 8.52. The van der Waals surface area contributed by atoms with E-state index in [9.17, 15) is 9.59 Å². The number of nitrogens with one attached hydrogen (secondary N) is 2. The highest BCUT2D eigenvalue weighted by Crippen LogP contribution is 2.02. The molecule has 0 saturated heterocycles. The Kier molecular flexibility index (Phi) is 5.13. The topological polar surface area (TPSA) is 98.7 Å². The SMILES string of the molecule is Cc1cccc(CNC(=O)NC(CO)C(=O)O)c1. The predicted octanol–water partition coefficient (Wildman–Crippen LogP) is 0.240. The van der Waals surface area contributed by atoms with Crippen molar-refractivity contribution < 1.29 is 19.8 Å². The highest BCUT2D eigenvalue weighted by molar-refractivity contribution is 5.82. The Labute approximate surface area is 105 Å². The summed E-state index contributed by atoms with van der Waals surface area (Å²) in [6.45, 7) is 1.59. The van der Waals surface area contributed by atoms with Crippen molar-refractivity contribution in [2.45, 2.75) is 19.5 Å². The second kappa shape index (κ2) is 6.61. The number of aryl methyl sites for hydroxylation is 1. The minimum absolute atomic E-state index is 0.297. The number of benzene rings is 1. The molecule has 1 rings (SSSR count). The van der Waals surface area contributed by atoms with Crippen molar-refractivity contribution in [3.63, 3.8) is 0 Å². The molecule has 18 heavy (non-hydrogen) atoms. The second-order valence-electron chi connectivity index (χ2n) is 3.89. The van der Waals surface area contributed by atoms with Crippen LogP contribution in [0.3, 0.4) is 0 Å². The molecule has 0 aliphatic heterocycles. The van der Waals surface area contributed by atoms with Crippen molar-refractivity contribution in [1.82, 2.24) is 10.6 Å². The molecule has 0 saturated carbocycles. The van der Waals surface area contributed by atoms with E-state index >= 15 is 0 Å². The summed E-state index contributed by atoms with van der Waals surface area (Å²) in [5.74, 6) is -1.27. The fourth-order valence-electron chi connectivity index (χ4n) is 1.40. The van der Waals surface area contributed by atoms with Gasteiger partial charge in [-0.05, 0) is 12.5 Å². The summed E-state index contributed by atoms with van der Waals surface area (Å²) in [5, 5.41) is 22.1. The van der Waals surface area contributed by atoms with Crippen molar-refractivity contribution in [1.29, 1.82) is 0 Å². The zero-order valence-electron chi connectivity index (χ0n) is 10.0. The Morgan fingerprint density at radius 1 is 1.39 bits per heavy atom. The highest BCUT2D eigenvalue weighted by Gasteiger charge is 2.18. The fourth-order valence-corrected chi connectivity index (χ4v) is 1.40. The Bertz CT molecular complexity index is 434. The maximum atomic E-state index is 11.4. The number of amides is 2. The van der Waals surface area contributed by atoms with Crippen LogP contribution in [0.4, 0.5) is 4.79 Å². The van der Waals surface area contributed by atoms with E-state index in [0.29, 0.717) is 6.54 Å². The van der Waals surface area contributed by atoms with E-state index in [0.717, 1.165) is 11.1 Å². The number of carbonyl (C=O) groups is 2. The van der Waals surface area contributed by atoms with Crippen LogP contribution >= 0.6 is 0 Å². The smallest absolute Gasteiger partial charge is 0.328 e. The Morgan fingerprint density at radius 3 is 2.67 bits per heavy atom. The molecule has 0 aromatic heterocycles. The van der Waals surface area contributed by atoms with Crippen molar-refractivity contribution in [2.75, 3.05) is 6.61 Å². The van der Waals surface area contributed by atoms with Crippen LogP contribution in [0.2, 0.25) is 0 Å². The zero-order chi connectivity index (χ0) is 13.5. The van der Waals surface area contributed by atoms with E-state index < -0.39 is 24.6 Å². The number of carboxylic acids is 1. The third-order valence-corrected chi connectivity index (χ3v) is 2.32. The molecule has 98 valence electrons. The minimum atomic E-state index is -1.29. The Balaban J connectivity index is 2.44. The van der Waals surface area contributed by atoms with E-state index in [1.54, 1.807) is 0 Å². The Morgan fingerprint density at radius 2 is 2.11 bits per heavy atom. The summed E-state index contributed by atoms with van der Waals surface area (Å²) in [6.07, 6.45) is 0.